The smallest absolute Gasteiger partial charge is 0.0166 e. The summed E-state index contributed by atoms with van der Waals surface area (Å²) in [6.45, 7) is 4.56. The zero-order valence-corrected chi connectivity index (χ0v) is 25.6. The number of rotatable bonds is 6. The Morgan fingerprint density at radius 2 is 0.882 bits per heavy atom. The second kappa shape index (κ2) is 21.5. The summed E-state index contributed by atoms with van der Waals surface area (Å²) in [5, 5.41) is 3.25. The first kappa shape index (κ1) is 36.6. The molecular weight excluding hydrogens is 540 g/mol. The van der Waals surface area contributed by atoms with Gasteiger partial charge in [0.15, 0.2) is 0 Å². The molecule has 2 aromatic carbocycles. The van der Waals surface area contributed by atoms with Crippen LogP contribution in [0.25, 0.3) is 0 Å². The third-order valence-corrected chi connectivity index (χ3v) is 12.9. The van der Waals surface area contributed by atoms with Crippen LogP contribution < -0.4 is 60.2 Å². The van der Waals surface area contributed by atoms with Crippen molar-refractivity contribution in [3.63, 3.8) is 0 Å². The predicted molar refractivity (Wildman–Crippen MR) is 141 cm³/mol. The fourth-order valence-electron chi connectivity index (χ4n) is 5.27. The summed E-state index contributed by atoms with van der Waals surface area (Å²) in [6.07, 6.45) is 17.6. The van der Waals surface area contributed by atoms with Crippen LogP contribution in [0.3, 0.4) is 0 Å². The number of hydrogen-bond acceptors (Lipinski definition) is 0. The maximum absolute atomic E-state index is 2.43. The lowest BCUT2D eigenvalue weighted by atomic mass is 9.99. The van der Waals surface area contributed by atoms with E-state index in [4.69, 9.17) is 0 Å². The van der Waals surface area contributed by atoms with Crippen LogP contribution in [-0.4, -0.2) is 23.6 Å². The highest BCUT2D eigenvalue weighted by Gasteiger charge is 2.31. The number of benzene rings is 2. The molecular formula is C28H42Cl4P2-4. The minimum absolute atomic E-state index is 0. The summed E-state index contributed by atoms with van der Waals surface area (Å²) < 4.78 is 0. The van der Waals surface area contributed by atoms with E-state index in [0.717, 1.165) is 11.3 Å². The van der Waals surface area contributed by atoms with Gasteiger partial charge in [0, 0.05) is 0 Å². The van der Waals surface area contributed by atoms with Gasteiger partial charge in [-0.05, 0) is 59.9 Å². The standard InChI is InChI=1S/C18H27P.C10H15P.4ClH/c1-4-10-16(11-5-1)19(17-12-6-2-7-13-17)18-14-8-3-9-15-18;1-3-11(4-2)10-8-6-5-7-9-10;;;;/h1,4-5,10-11,17-18H,2-3,6-9,12-15H2;5-9H,3-4H2,1-2H3;4*1H/p-4. The summed E-state index contributed by atoms with van der Waals surface area (Å²) in [5.74, 6) is 0. The lowest BCUT2D eigenvalue weighted by Gasteiger charge is -2.38. The Morgan fingerprint density at radius 3 is 1.24 bits per heavy atom. The topological polar surface area (TPSA) is 0 Å². The van der Waals surface area contributed by atoms with E-state index in [1.165, 1.54) is 76.5 Å². The van der Waals surface area contributed by atoms with Crippen molar-refractivity contribution in [3.8, 4) is 0 Å². The first-order valence-corrected chi connectivity index (χ1v) is 15.7. The normalized spacial score (nSPS) is 16.1. The van der Waals surface area contributed by atoms with Crippen molar-refractivity contribution < 1.29 is 49.6 Å². The van der Waals surface area contributed by atoms with Gasteiger partial charge < -0.3 is 49.6 Å². The third-order valence-electron chi connectivity index (χ3n) is 6.88. The van der Waals surface area contributed by atoms with E-state index in [1.54, 1.807) is 10.6 Å². The number of hydrogen-bond donors (Lipinski definition) is 0. The highest BCUT2D eigenvalue weighted by atomic mass is 35.5. The second-order valence-corrected chi connectivity index (χ2v) is 14.5. The van der Waals surface area contributed by atoms with Crippen molar-refractivity contribution in [1.29, 1.82) is 0 Å². The van der Waals surface area contributed by atoms with Crippen LogP contribution in [0.15, 0.2) is 60.7 Å². The van der Waals surface area contributed by atoms with Gasteiger partial charge in [-0.15, -0.1) is 0 Å². The van der Waals surface area contributed by atoms with E-state index in [0.29, 0.717) is 0 Å². The Hall–Kier alpha value is 0.460. The maximum atomic E-state index is 2.43. The van der Waals surface area contributed by atoms with Gasteiger partial charge in [-0.25, -0.2) is 0 Å². The molecule has 0 N–H and O–H groups in total. The van der Waals surface area contributed by atoms with Crippen LogP contribution in [-0.2, 0) is 0 Å². The lowest BCUT2D eigenvalue weighted by molar-refractivity contribution is -0.00100. The first-order chi connectivity index (χ1) is 14.8. The highest BCUT2D eigenvalue weighted by molar-refractivity contribution is 7.67. The van der Waals surface area contributed by atoms with Crippen molar-refractivity contribution in [2.45, 2.75) is 89.4 Å². The molecule has 0 radical (unpaired) electrons. The van der Waals surface area contributed by atoms with Crippen molar-refractivity contribution in [2.75, 3.05) is 12.3 Å². The maximum Gasteiger partial charge on any atom is -0.0166 e. The van der Waals surface area contributed by atoms with Crippen LogP contribution in [0.4, 0.5) is 0 Å². The van der Waals surface area contributed by atoms with Gasteiger partial charge >= 0.3 is 0 Å². The third kappa shape index (κ3) is 11.7. The quantitative estimate of drug-likeness (QED) is 0.308. The zero-order valence-electron chi connectivity index (χ0n) is 20.8. The molecule has 0 spiro atoms. The number of halogens is 4. The summed E-state index contributed by atoms with van der Waals surface area (Å²) in [4.78, 5) is 0. The van der Waals surface area contributed by atoms with Gasteiger partial charge in [0.25, 0.3) is 0 Å². The molecule has 2 aliphatic rings. The fourth-order valence-corrected chi connectivity index (χ4v) is 10.8. The molecule has 2 aromatic rings. The summed E-state index contributed by atoms with van der Waals surface area (Å²) in [5.41, 5.74) is 2.07. The van der Waals surface area contributed by atoms with Crippen LogP contribution in [0.2, 0.25) is 0 Å². The predicted octanol–water partition coefficient (Wildman–Crippen LogP) is -3.69. The molecule has 196 valence electrons. The molecule has 0 aliphatic heterocycles. The summed E-state index contributed by atoms with van der Waals surface area (Å²) >= 11 is 0. The van der Waals surface area contributed by atoms with E-state index >= 15 is 0 Å². The van der Waals surface area contributed by atoms with Crippen LogP contribution in [0.1, 0.15) is 78.1 Å². The monoisotopic (exact) mass is 580 g/mol. The largest absolute Gasteiger partial charge is 1.00 e. The van der Waals surface area contributed by atoms with Gasteiger partial charge in [-0.1, -0.05) is 129 Å². The molecule has 4 rings (SSSR count). The van der Waals surface area contributed by atoms with E-state index < -0.39 is 0 Å². The van der Waals surface area contributed by atoms with Crippen LogP contribution in [0.5, 0.6) is 0 Å². The molecule has 0 atom stereocenters. The van der Waals surface area contributed by atoms with Crippen LogP contribution >= 0.6 is 15.8 Å². The molecule has 0 nitrogen and oxygen atoms in total. The molecule has 6 heteroatoms. The van der Waals surface area contributed by atoms with Crippen molar-refractivity contribution in [1.82, 2.24) is 0 Å². The molecule has 0 aromatic heterocycles. The molecule has 0 unspecified atom stereocenters. The highest BCUT2D eigenvalue weighted by Crippen LogP contribution is 2.54. The Balaban J connectivity index is 0. The molecule has 0 heterocycles. The lowest BCUT2D eigenvalue weighted by Crippen LogP contribution is -3.00. The molecule has 34 heavy (non-hydrogen) atoms. The Kier molecular flexibility index (Phi) is 23.2. The Morgan fingerprint density at radius 1 is 0.529 bits per heavy atom. The molecule has 2 aliphatic carbocycles. The van der Waals surface area contributed by atoms with Crippen LogP contribution in [0, 0.1) is 0 Å². The summed E-state index contributed by atoms with van der Waals surface area (Å²) in [6, 6.07) is 22.4. The van der Waals surface area contributed by atoms with E-state index in [-0.39, 0.29) is 65.5 Å². The molecule has 0 amide bonds. The molecule has 2 fully saturated rings. The van der Waals surface area contributed by atoms with Crippen molar-refractivity contribution in [3.05, 3.63) is 60.7 Å². The molecule has 0 saturated heterocycles. The van der Waals surface area contributed by atoms with Crippen molar-refractivity contribution in [2.24, 2.45) is 0 Å². The van der Waals surface area contributed by atoms with Gasteiger partial charge in [-0.3, -0.25) is 0 Å². The van der Waals surface area contributed by atoms with E-state index in [1.807, 2.05) is 0 Å². The molecule has 2 saturated carbocycles. The Labute approximate surface area is 237 Å². The van der Waals surface area contributed by atoms with Gasteiger partial charge in [0.2, 0.25) is 0 Å². The van der Waals surface area contributed by atoms with Crippen molar-refractivity contribution >= 4 is 26.5 Å². The van der Waals surface area contributed by atoms with Gasteiger partial charge in [0.05, 0.1) is 0 Å². The average Bonchev–Trinajstić information content (AvgIpc) is 2.83. The first-order valence-electron chi connectivity index (χ1n) is 12.5. The zero-order chi connectivity index (χ0) is 21.0. The average molecular weight is 582 g/mol. The second-order valence-electron chi connectivity index (χ2n) is 8.83. The minimum atomic E-state index is 0. The SMILES string of the molecule is CCP(CC)c1ccccc1.[Cl-].[Cl-].[Cl-].[Cl-].c1ccc(P(C2CCCCC2)C2CCCCC2)cc1. The van der Waals surface area contributed by atoms with E-state index in [9.17, 15) is 0 Å². The van der Waals surface area contributed by atoms with Gasteiger partial charge in [-0.2, -0.15) is 0 Å². The van der Waals surface area contributed by atoms with Gasteiger partial charge in [0.1, 0.15) is 0 Å². The minimum Gasteiger partial charge on any atom is -1.00 e. The Bertz CT molecular complexity index is 668. The van der Waals surface area contributed by atoms with E-state index in [2.05, 4.69) is 74.5 Å². The fraction of sp³-hybridized carbons (Fsp3) is 0.571. The summed E-state index contributed by atoms with van der Waals surface area (Å²) in [7, 11) is 0.257. The molecule has 0 bridgehead atoms.